The van der Waals surface area contributed by atoms with Crippen LogP contribution in [0.15, 0.2) is 29.1 Å². The minimum absolute atomic E-state index is 0.257. The maximum absolute atomic E-state index is 9.90. The van der Waals surface area contributed by atoms with Crippen LogP contribution in [-0.2, 0) is 13.5 Å². The number of aliphatic hydroxyl groups is 1. The van der Waals surface area contributed by atoms with Gasteiger partial charge in [-0.2, -0.15) is 0 Å². The van der Waals surface area contributed by atoms with Gasteiger partial charge in [0.25, 0.3) is 0 Å². The van der Waals surface area contributed by atoms with Crippen molar-refractivity contribution < 1.29 is 9.52 Å². The van der Waals surface area contributed by atoms with Crippen molar-refractivity contribution in [1.29, 1.82) is 0 Å². The molecule has 2 rings (SSSR count). The summed E-state index contributed by atoms with van der Waals surface area (Å²) in [4.78, 5) is 4.19. The predicted molar refractivity (Wildman–Crippen MR) is 60.2 cm³/mol. The van der Waals surface area contributed by atoms with Crippen LogP contribution in [0.1, 0.15) is 23.9 Å². The van der Waals surface area contributed by atoms with E-state index in [1.165, 1.54) is 6.26 Å². The van der Waals surface area contributed by atoms with Crippen molar-refractivity contribution in [2.45, 2.75) is 18.9 Å². The Morgan fingerprint density at radius 3 is 3.00 bits per heavy atom. The minimum atomic E-state index is -0.608. The average molecular weight is 241 g/mol. The van der Waals surface area contributed by atoms with Gasteiger partial charge >= 0.3 is 0 Å². The second kappa shape index (κ2) is 4.72. The van der Waals surface area contributed by atoms with Crippen LogP contribution < -0.4 is 0 Å². The zero-order chi connectivity index (χ0) is 11.5. The maximum atomic E-state index is 9.90. The summed E-state index contributed by atoms with van der Waals surface area (Å²) in [5.74, 6) is 0.943. The number of aryl methyl sites for hydroxylation is 2. The molecule has 0 aliphatic heterocycles. The standard InChI is InChI=1S/C11H13ClN2O2/c1-14-6-5-13-10(14)3-2-9(15)8-4-7-16-11(8)12/h4-7,9,15H,2-3H2,1H3. The molecule has 0 spiro atoms. The molecule has 0 aliphatic rings. The Kier molecular flexibility index (Phi) is 3.31. The number of hydrogen-bond acceptors (Lipinski definition) is 3. The molecule has 0 fully saturated rings. The Balaban J connectivity index is 1.97. The second-order valence-electron chi connectivity index (χ2n) is 3.66. The lowest BCUT2D eigenvalue weighted by molar-refractivity contribution is 0.166. The molecule has 2 heterocycles. The molecule has 86 valence electrons. The molecule has 0 saturated carbocycles. The molecule has 0 bridgehead atoms. The summed E-state index contributed by atoms with van der Waals surface area (Å²) >= 11 is 5.78. The number of rotatable bonds is 4. The van der Waals surface area contributed by atoms with Gasteiger partial charge < -0.3 is 14.1 Å². The summed E-state index contributed by atoms with van der Waals surface area (Å²) in [5, 5.41) is 10.2. The van der Waals surface area contributed by atoms with Crippen LogP contribution in [0.25, 0.3) is 0 Å². The molecule has 4 nitrogen and oxygen atoms in total. The quantitative estimate of drug-likeness (QED) is 0.893. The van der Waals surface area contributed by atoms with Crippen molar-refractivity contribution >= 4 is 11.6 Å². The molecular formula is C11H13ClN2O2. The van der Waals surface area contributed by atoms with Crippen LogP contribution in [0.5, 0.6) is 0 Å². The van der Waals surface area contributed by atoms with Gasteiger partial charge in [0.15, 0.2) is 5.22 Å². The highest BCUT2D eigenvalue weighted by Crippen LogP contribution is 2.26. The van der Waals surface area contributed by atoms with Crippen LogP contribution in [0.3, 0.4) is 0 Å². The first-order valence-electron chi connectivity index (χ1n) is 5.05. The molecule has 0 radical (unpaired) electrons. The molecule has 2 aromatic rings. The van der Waals surface area contributed by atoms with E-state index in [2.05, 4.69) is 4.98 Å². The smallest absolute Gasteiger partial charge is 0.198 e. The number of imidazole rings is 1. The van der Waals surface area contributed by atoms with Gasteiger partial charge in [0, 0.05) is 31.4 Å². The van der Waals surface area contributed by atoms with E-state index in [0.717, 1.165) is 5.82 Å². The Hall–Kier alpha value is -1.26. The summed E-state index contributed by atoms with van der Waals surface area (Å²) < 4.78 is 6.87. The summed E-state index contributed by atoms with van der Waals surface area (Å²) in [6.45, 7) is 0. The van der Waals surface area contributed by atoms with Crippen LogP contribution >= 0.6 is 11.6 Å². The normalized spacial score (nSPS) is 12.9. The first-order chi connectivity index (χ1) is 7.68. The monoisotopic (exact) mass is 240 g/mol. The van der Waals surface area contributed by atoms with Crippen LogP contribution in [0.4, 0.5) is 0 Å². The third kappa shape index (κ3) is 2.28. The Morgan fingerprint density at radius 2 is 2.44 bits per heavy atom. The van der Waals surface area contributed by atoms with Crippen molar-refractivity contribution in [2.24, 2.45) is 7.05 Å². The fourth-order valence-electron chi connectivity index (χ4n) is 1.60. The third-order valence-corrected chi connectivity index (χ3v) is 2.87. The van der Waals surface area contributed by atoms with Gasteiger partial charge in [0.2, 0.25) is 0 Å². The predicted octanol–water partition coefficient (Wildman–Crippen LogP) is 2.33. The molecule has 2 aromatic heterocycles. The Morgan fingerprint density at radius 1 is 1.62 bits per heavy atom. The molecule has 1 atom stereocenters. The van der Waals surface area contributed by atoms with Crippen molar-refractivity contribution in [3.8, 4) is 0 Å². The second-order valence-corrected chi connectivity index (χ2v) is 4.00. The van der Waals surface area contributed by atoms with Gasteiger partial charge in [-0.25, -0.2) is 4.98 Å². The summed E-state index contributed by atoms with van der Waals surface area (Å²) in [7, 11) is 1.93. The van der Waals surface area contributed by atoms with Crippen molar-refractivity contribution in [2.75, 3.05) is 0 Å². The molecule has 1 unspecified atom stereocenters. The lowest BCUT2D eigenvalue weighted by Gasteiger charge is -2.08. The number of furan rings is 1. The van der Waals surface area contributed by atoms with Crippen LogP contribution in [0, 0.1) is 0 Å². The van der Waals surface area contributed by atoms with E-state index in [0.29, 0.717) is 18.4 Å². The number of aliphatic hydroxyl groups excluding tert-OH is 1. The van der Waals surface area contributed by atoms with E-state index in [4.69, 9.17) is 16.0 Å². The molecule has 16 heavy (non-hydrogen) atoms. The SMILES string of the molecule is Cn1ccnc1CCC(O)c1ccoc1Cl. The molecule has 5 heteroatoms. The molecule has 0 amide bonds. The van der Waals surface area contributed by atoms with E-state index in [9.17, 15) is 5.11 Å². The molecule has 0 saturated heterocycles. The molecule has 0 aliphatic carbocycles. The highest BCUT2D eigenvalue weighted by Gasteiger charge is 2.14. The van der Waals surface area contributed by atoms with E-state index < -0.39 is 6.10 Å². The minimum Gasteiger partial charge on any atom is -0.453 e. The third-order valence-electron chi connectivity index (χ3n) is 2.57. The summed E-state index contributed by atoms with van der Waals surface area (Å²) in [5.41, 5.74) is 0.635. The van der Waals surface area contributed by atoms with Crippen LogP contribution in [-0.4, -0.2) is 14.7 Å². The van der Waals surface area contributed by atoms with Crippen molar-refractivity contribution in [3.63, 3.8) is 0 Å². The van der Waals surface area contributed by atoms with E-state index >= 15 is 0 Å². The highest BCUT2D eigenvalue weighted by molar-refractivity contribution is 6.29. The summed E-state index contributed by atoms with van der Waals surface area (Å²) in [6, 6.07) is 1.69. The Bertz CT molecular complexity index is 464. The number of aromatic nitrogens is 2. The fourth-order valence-corrected chi connectivity index (χ4v) is 1.84. The first-order valence-corrected chi connectivity index (χ1v) is 5.43. The van der Waals surface area contributed by atoms with Gasteiger partial charge in [0.05, 0.1) is 12.4 Å². The zero-order valence-electron chi connectivity index (χ0n) is 8.93. The highest BCUT2D eigenvalue weighted by atomic mass is 35.5. The van der Waals surface area contributed by atoms with Gasteiger partial charge in [-0.1, -0.05) is 0 Å². The topological polar surface area (TPSA) is 51.2 Å². The molecule has 0 aromatic carbocycles. The maximum Gasteiger partial charge on any atom is 0.198 e. The summed E-state index contributed by atoms with van der Waals surface area (Å²) in [6.07, 6.45) is 5.76. The van der Waals surface area contributed by atoms with E-state index in [1.807, 2.05) is 17.8 Å². The largest absolute Gasteiger partial charge is 0.453 e. The lowest BCUT2D eigenvalue weighted by atomic mass is 10.1. The van der Waals surface area contributed by atoms with E-state index in [-0.39, 0.29) is 5.22 Å². The molecule has 1 N–H and O–H groups in total. The Labute approximate surface area is 98.5 Å². The average Bonchev–Trinajstić information content (AvgIpc) is 2.84. The van der Waals surface area contributed by atoms with Gasteiger partial charge in [0.1, 0.15) is 5.82 Å². The van der Waals surface area contributed by atoms with E-state index in [1.54, 1.807) is 12.3 Å². The zero-order valence-corrected chi connectivity index (χ0v) is 9.68. The van der Waals surface area contributed by atoms with Gasteiger partial charge in [-0.15, -0.1) is 0 Å². The number of halogens is 1. The van der Waals surface area contributed by atoms with Crippen molar-refractivity contribution in [3.05, 3.63) is 41.3 Å². The van der Waals surface area contributed by atoms with Gasteiger partial charge in [-0.05, 0) is 24.1 Å². The van der Waals surface area contributed by atoms with Gasteiger partial charge in [-0.3, -0.25) is 0 Å². The van der Waals surface area contributed by atoms with Crippen LogP contribution in [0.2, 0.25) is 5.22 Å². The number of nitrogens with zero attached hydrogens (tertiary/aromatic N) is 2. The number of hydrogen-bond donors (Lipinski definition) is 1. The lowest BCUT2D eigenvalue weighted by Crippen LogP contribution is -2.03. The first kappa shape index (κ1) is 11.2. The fraction of sp³-hybridized carbons (Fsp3) is 0.364. The van der Waals surface area contributed by atoms with Crippen molar-refractivity contribution in [1.82, 2.24) is 9.55 Å². The molecular weight excluding hydrogens is 228 g/mol.